The average Bonchev–Trinajstić information content (AvgIpc) is 3.21. The second-order valence-electron chi connectivity index (χ2n) is 8.71. The highest BCUT2D eigenvalue weighted by molar-refractivity contribution is 7.92. The third kappa shape index (κ3) is 4.98. The molecule has 1 aromatic heterocycles. The minimum atomic E-state index is -4.76. The lowest BCUT2D eigenvalue weighted by Crippen LogP contribution is -2.19. The molecule has 0 saturated heterocycles. The van der Waals surface area contributed by atoms with Crippen molar-refractivity contribution >= 4 is 32.3 Å². The van der Waals surface area contributed by atoms with Crippen molar-refractivity contribution < 1.29 is 21.6 Å². The van der Waals surface area contributed by atoms with Crippen molar-refractivity contribution in [3.05, 3.63) is 83.2 Å². The highest BCUT2D eigenvalue weighted by Crippen LogP contribution is 2.35. The lowest BCUT2D eigenvalue weighted by Gasteiger charge is -2.16. The number of hydrogen-bond donors (Lipinski definition) is 1. The fourth-order valence-corrected chi connectivity index (χ4v) is 6.00. The van der Waals surface area contributed by atoms with Gasteiger partial charge in [-0.2, -0.15) is 0 Å². The van der Waals surface area contributed by atoms with Crippen LogP contribution in [0.25, 0.3) is 0 Å². The van der Waals surface area contributed by atoms with Crippen molar-refractivity contribution in [2.24, 2.45) is 8.76 Å². The first-order valence-corrected chi connectivity index (χ1v) is 13.1. The van der Waals surface area contributed by atoms with E-state index in [9.17, 15) is 17.2 Å². The predicted octanol–water partition coefficient (Wildman–Crippen LogP) is 5.06. The molecule has 0 amide bonds. The first kappa shape index (κ1) is 25.0. The minimum Gasteiger partial charge on any atom is -0.276 e. The molecule has 3 aromatic rings. The first-order chi connectivity index (χ1) is 16.4. The lowest BCUT2D eigenvalue weighted by atomic mass is 10.00. The SMILES string of the molecule is Cc1nccc(C2N=S(C(C)(C)C)N=C2c2cccc(NS(=O)(=O)c3c(F)cccc3F)c2F)n1. The van der Waals surface area contributed by atoms with E-state index in [2.05, 4.69) is 14.4 Å². The van der Waals surface area contributed by atoms with Gasteiger partial charge in [-0.3, -0.25) is 4.72 Å². The Morgan fingerprint density at radius 1 is 1.00 bits per heavy atom. The van der Waals surface area contributed by atoms with Crippen molar-refractivity contribution in [3.63, 3.8) is 0 Å². The molecular formula is C23H22F3N5O2S2. The molecule has 0 bridgehead atoms. The van der Waals surface area contributed by atoms with E-state index in [-0.39, 0.29) is 16.0 Å². The van der Waals surface area contributed by atoms with E-state index in [0.717, 1.165) is 24.3 Å². The number of benzene rings is 2. The summed E-state index contributed by atoms with van der Waals surface area (Å²) >= 11 is 0. The number of sulfonamides is 1. The van der Waals surface area contributed by atoms with Gasteiger partial charge >= 0.3 is 0 Å². The Labute approximate surface area is 203 Å². The van der Waals surface area contributed by atoms with Gasteiger partial charge in [0.25, 0.3) is 10.0 Å². The van der Waals surface area contributed by atoms with Gasteiger partial charge in [0.05, 0.1) is 17.1 Å². The summed E-state index contributed by atoms with van der Waals surface area (Å²) < 4.78 is 80.4. The monoisotopic (exact) mass is 521 g/mol. The van der Waals surface area contributed by atoms with E-state index in [1.54, 1.807) is 19.2 Å². The molecule has 4 rings (SSSR count). The van der Waals surface area contributed by atoms with E-state index >= 15 is 4.39 Å². The van der Waals surface area contributed by atoms with Crippen LogP contribution in [0.4, 0.5) is 18.9 Å². The van der Waals surface area contributed by atoms with Gasteiger partial charge in [0.2, 0.25) is 0 Å². The third-order valence-electron chi connectivity index (χ3n) is 4.98. The molecule has 35 heavy (non-hydrogen) atoms. The fraction of sp³-hybridized carbons (Fsp3) is 0.261. The van der Waals surface area contributed by atoms with Gasteiger partial charge in [-0.25, -0.2) is 40.3 Å². The number of nitrogens with one attached hydrogen (secondary N) is 1. The molecule has 184 valence electrons. The molecule has 2 heterocycles. The molecule has 12 heteroatoms. The van der Waals surface area contributed by atoms with Crippen LogP contribution in [-0.2, 0) is 20.9 Å². The molecule has 0 spiro atoms. The van der Waals surface area contributed by atoms with Crippen LogP contribution in [0.2, 0.25) is 0 Å². The zero-order valence-corrected chi connectivity index (χ0v) is 20.9. The zero-order valence-electron chi connectivity index (χ0n) is 19.3. The van der Waals surface area contributed by atoms with Crippen LogP contribution >= 0.6 is 0 Å². The van der Waals surface area contributed by atoms with Gasteiger partial charge in [0, 0.05) is 27.4 Å². The van der Waals surface area contributed by atoms with Gasteiger partial charge in [0.1, 0.15) is 23.5 Å². The zero-order chi connectivity index (χ0) is 25.5. The number of halogens is 3. The smallest absolute Gasteiger partial charge is 0.267 e. The maximum absolute atomic E-state index is 15.7. The van der Waals surface area contributed by atoms with Crippen LogP contribution in [0.15, 0.2) is 62.3 Å². The summed E-state index contributed by atoms with van der Waals surface area (Å²) in [6.45, 7) is 7.59. The van der Waals surface area contributed by atoms with Gasteiger partial charge < -0.3 is 0 Å². The molecule has 1 aliphatic rings. The lowest BCUT2D eigenvalue weighted by molar-refractivity contribution is 0.521. The van der Waals surface area contributed by atoms with Crippen molar-refractivity contribution in [2.75, 3.05) is 4.72 Å². The molecule has 0 aliphatic carbocycles. The second kappa shape index (κ2) is 9.15. The molecule has 0 radical (unpaired) electrons. The third-order valence-corrected chi connectivity index (χ3v) is 8.27. The largest absolute Gasteiger partial charge is 0.276 e. The van der Waals surface area contributed by atoms with Crippen molar-refractivity contribution in [1.82, 2.24) is 9.97 Å². The summed E-state index contributed by atoms with van der Waals surface area (Å²) in [6.07, 6.45) is 1.57. The molecule has 2 unspecified atom stereocenters. The summed E-state index contributed by atoms with van der Waals surface area (Å²) in [5, 5.41) is 0. The molecule has 1 aliphatic heterocycles. The fourth-order valence-electron chi connectivity index (χ4n) is 3.37. The molecule has 1 N–H and O–H groups in total. The maximum atomic E-state index is 15.7. The molecule has 0 fully saturated rings. The number of aryl methyl sites for hydroxylation is 1. The first-order valence-electron chi connectivity index (χ1n) is 10.5. The summed E-state index contributed by atoms with van der Waals surface area (Å²) in [5.41, 5.74) is 0.322. The van der Waals surface area contributed by atoms with Gasteiger partial charge in [0.15, 0.2) is 10.7 Å². The van der Waals surface area contributed by atoms with Crippen LogP contribution in [0.3, 0.4) is 0 Å². The van der Waals surface area contributed by atoms with Crippen molar-refractivity contribution in [3.8, 4) is 0 Å². The van der Waals surface area contributed by atoms with Crippen LogP contribution in [0.5, 0.6) is 0 Å². The molecule has 7 nitrogen and oxygen atoms in total. The van der Waals surface area contributed by atoms with Crippen LogP contribution in [-0.4, -0.2) is 28.8 Å². The molecular weight excluding hydrogens is 499 g/mol. The Morgan fingerprint density at radius 3 is 2.29 bits per heavy atom. The van der Waals surface area contributed by atoms with Crippen LogP contribution in [0, 0.1) is 24.4 Å². The van der Waals surface area contributed by atoms with Crippen LogP contribution in [0.1, 0.15) is 43.9 Å². The maximum Gasteiger partial charge on any atom is 0.267 e. The Hall–Kier alpha value is -3.12. The number of anilines is 1. The predicted molar refractivity (Wildman–Crippen MR) is 129 cm³/mol. The quantitative estimate of drug-likeness (QED) is 0.507. The minimum absolute atomic E-state index is 0.00321. The number of rotatable bonds is 5. The topological polar surface area (TPSA) is 96.7 Å². The van der Waals surface area contributed by atoms with E-state index in [0.29, 0.717) is 11.5 Å². The molecule has 2 aromatic carbocycles. The van der Waals surface area contributed by atoms with Crippen molar-refractivity contribution in [1.29, 1.82) is 0 Å². The summed E-state index contributed by atoms with van der Waals surface area (Å²) in [5.74, 6) is -3.02. The van der Waals surface area contributed by atoms with E-state index < -0.39 is 55.0 Å². The Kier molecular flexibility index (Phi) is 6.54. The van der Waals surface area contributed by atoms with Gasteiger partial charge in [-0.15, -0.1) is 0 Å². The van der Waals surface area contributed by atoms with E-state index in [1.807, 2.05) is 25.5 Å². The Bertz CT molecular complexity index is 1460. The number of hydrogen-bond acceptors (Lipinski definition) is 6. The number of nitrogens with zero attached hydrogens (tertiary/aromatic N) is 4. The summed E-state index contributed by atoms with van der Waals surface area (Å²) in [4.78, 5) is 7.32. The van der Waals surface area contributed by atoms with Gasteiger partial charge in [-0.05, 0) is 58.0 Å². The van der Waals surface area contributed by atoms with E-state index in [1.165, 1.54) is 12.1 Å². The van der Waals surface area contributed by atoms with Crippen LogP contribution < -0.4 is 4.72 Å². The standard InChI is InChI=1S/C23H22F3N5O2S2/c1-13-27-12-11-18(28-13)21-20(29-34(30-21)23(2,3)4)14-7-5-10-17(19(14)26)31-35(32,33)22-15(24)8-6-9-16(22)25/h5-12,21,31H,1-4H3. The van der Waals surface area contributed by atoms with E-state index in [4.69, 9.17) is 4.36 Å². The second-order valence-corrected chi connectivity index (χ2v) is 12.5. The molecule has 2 atom stereocenters. The number of aromatic nitrogens is 2. The summed E-state index contributed by atoms with van der Waals surface area (Å²) in [6, 6.07) is 7.64. The average molecular weight is 522 g/mol. The normalized spacial score (nSPS) is 18.2. The Morgan fingerprint density at radius 2 is 1.66 bits per heavy atom. The van der Waals surface area contributed by atoms with Crippen molar-refractivity contribution in [2.45, 2.75) is 43.4 Å². The highest BCUT2D eigenvalue weighted by Gasteiger charge is 2.34. The Balaban J connectivity index is 1.79. The van der Waals surface area contributed by atoms with Gasteiger partial charge in [-0.1, -0.05) is 12.1 Å². The highest BCUT2D eigenvalue weighted by atomic mass is 32.2. The molecule has 0 saturated carbocycles. The summed E-state index contributed by atoms with van der Waals surface area (Å²) in [7, 11) is -5.60.